The number of carbonyl (C=O) groups is 1. The van der Waals surface area contributed by atoms with E-state index < -0.39 is 12.0 Å². The molecule has 1 aromatic rings. The van der Waals surface area contributed by atoms with Crippen molar-refractivity contribution in [2.45, 2.75) is 25.3 Å². The first-order valence-corrected chi connectivity index (χ1v) is 5.93. The zero-order valence-electron chi connectivity index (χ0n) is 9.68. The summed E-state index contributed by atoms with van der Waals surface area (Å²) < 4.78 is 0. The maximum atomic E-state index is 11.3. The number of benzene rings is 1. The number of fused-ring (bicyclic) bond motifs is 3. The summed E-state index contributed by atoms with van der Waals surface area (Å²) in [7, 11) is 0. The van der Waals surface area contributed by atoms with Gasteiger partial charge in [-0.25, -0.2) is 4.79 Å². The van der Waals surface area contributed by atoms with Gasteiger partial charge in [0.2, 0.25) is 0 Å². The molecule has 0 unspecified atom stereocenters. The summed E-state index contributed by atoms with van der Waals surface area (Å²) in [6.45, 7) is 2.07. The maximum absolute atomic E-state index is 11.3. The smallest absolute Gasteiger partial charge is 0.326 e. The van der Waals surface area contributed by atoms with Gasteiger partial charge in [0.05, 0.1) is 0 Å². The van der Waals surface area contributed by atoms with Crippen LogP contribution in [0, 0.1) is 12.8 Å². The van der Waals surface area contributed by atoms with E-state index in [9.17, 15) is 9.90 Å². The second-order valence-electron chi connectivity index (χ2n) is 4.90. The van der Waals surface area contributed by atoms with Crippen molar-refractivity contribution in [1.82, 2.24) is 0 Å². The van der Waals surface area contributed by atoms with Gasteiger partial charge in [-0.3, -0.25) is 0 Å². The first-order chi connectivity index (χ1) is 8.16. The summed E-state index contributed by atoms with van der Waals surface area (Å²) in [5, 5.41) is 12.4. The lowest BCUT2D eigenvalue weighted by Crippen LogP contribution is -2.41. The minimum atomic E-state index is -0.755. The number of hydrogen-bond donors (Lipinski definition) is 2. The van der Waals surface area contributed by atoms with Crippen LogP contribution in [0.15, 0.2) is 30.4 Å². The maximum Gasteiger partial charge on any atom is 0.326 e. The van der Waals surface area contributed by atoms with E-state index in [0.717, 1.165) is 12.1 Å². The van der Waals surface area contributed by atoms with Crippen LogP contribution in [-0.4, -0.2) is 17.1 Å². The summed E-state index contributed by atoms with van der Waals surface area (Å²) in [4.78, 5) is 11.3. The highest BCUT2D eigenvalue weighted by atomic mass is 16.4. The van der Waals surface area contributed by atoms with Crippen molar-refractivity contribution < 1.29 is 9.90 Å². The van der Waals surface area contributed by atoms with E-state index in [0.29, 0.717) is 0 Å². The second-order valence-corrected chi connectivity index (χ2v) is 4.90. The van der Waals surface area contributed by atoms with Crippen LogP contribution in [-0.2, 0) is 4.79 Å². The number of allylic oxidation sites excluding steroid dienone is 2. The van der Waals surface area contributed by atoms with E-state index in [1.54, 1.807) is 0 Å². The van der Waals surface area contributed by atoms with E-state index >= 15 is 0 Å². The molecule has 3 rings (SSSR count). The Morgan fingerprint density at radius 3 is 3.06 bits per heavy atom. The normalized spacial score (nSPS) is 29.4. The highest BCUT2D eigenvalue weighted by molar-refractivity contribution is 5.80. The summed E-state index contributed by atoms with van der Waals surface area (Å²) in [6, 6.07) is 5.70. The van der Waals surface area contributed by atoms with Crippen molar-refractivity contribution >= 4 is 11.7 Å². The van der Waals surface area contributed by atoms with Gasteiger partial charge in [0.1, 0.15) is 6.04 Å². The van der Waals surface area contributed by atoms with E-state index in [1.807, 2.05) is 12.1 Å². The molecule has 0 aromatic heterocycles. The molecule has 1 aromatic carbocycles. The predicted octanol–water partition coefficient (Wildman–Crippen LogP) is 2.53. The van der Waals surface area contributed by atoms with Crippen LogP contribution in [0.25, 0.3) is 0 Å². The molecule has 2 aliphatic rings. The number of carboxylic acids is 1. The SMILES string of the molecule is Cc1ccc2c(c1)[C@@H]1C=CC[C@H]1[C@@H](C(=O)O)N2. The molecular formula is C14H15NO2. The minimum Gasteiger partial charge on any atom is -0.480 e. The van der Waals surface area contributed by atoms with Gasteiger partial charge >= 0.3 is 5.97 Å². The van der Waals surface area contributed by atoms with Crippen LogP contribution in [0.3, 0.4) is 0 Å². The quantitative estimate of drug-likeness (QED) is 0.727. The fraction of sp³-hybridized carbons (Fsp3) is 0.357. The second kappa shape index (κ2) is 3.62. The first kappa shape index (κ1) is 10.4. The molecule has 0 fully saturated rings. The van der Waals surface area contributed by atoms with Crippen LogP contribution in [0.2, 0.25) is 0 Å². The molecule has 1 heterocycles. The number of anilines is 1. The lowest BCUT2D eigenvalue weighted by Gasteiger charge is -2.34. The zero-order valence-corrected chi connectivity index (χ0v) is 9.68. The standard InChI is InChI=1S/C14H15NO2/c1-8-5-6-12-11(7-8)9-3-2-4-10(9)13(15-12)14(16)17/h2-3,5-7,9-10,13,15H,4H2,1H3,(H,16,17)/t9-,10-,13+/m1/s1. The highest BCUT2D eigenvalue weighted by Crippen LogP contribution is 2.44. The topological polar surface area (TPSA) is 49.3 Å². The Morgan fingerprint density at radius 2 is 2.29 bits per heavy atom. The largest absolute Gasteiger partial charge is 0.480 e. The van der Waals surface area contributed by atoms with Gasteiger partial charge in [0, 0.05) is 17.5 Å². The lowest BCUT2D eigenvalue weighted by molar-refractivity contribution is -0.139. The summed E-state index contributed by atoms with van der Waals surface area (Å²) in [6.07, 6.45) is 5.10. The molecule has 88 valence electrons. The molecule has 1 aliphatic carbocycles. The van der Waals surface area contributed by atoms with Crippen LogP contribution in [0.5, 0.6) is 0 Å². The summed E-state index contributed by atoms with van der Waals surface area (Å²) in [5.41, 5.74) is 3.43. The van der Waals surface area contributed by atoms with Crippen molar-refractivity contribution in [3.05, 3.63) is 41.5 Å². The molecule has 0 spiro atoms. The van der Waals surface area contributed by atoms with Crippen molar-refractivity contribution in [2.24, 2.45) is 5.92 Å². The fourth-order valence-electron chi connectivity index (χ4n) is 2.96. The number of aryl methyl sites for hydroxylation is 1. The molecule has 0 radical (unpaired) electrons. The van der Waals surface area contributed by atoms with Crippen LogP contribution < -0.4 is 5.32 Å². The number of rotatable bonds is 1. The van der Waals surface area contributed by atoms with E-state index in [4.69, 9.17) is 0 Å². The number of hydrogen-bond acceptors (Lipinski definition) is 2. The Morgan fingerprint density at radius 1 is 1.47 bits per heavy atom. The fourth-order valence-corrected chi connectivity index (χ4v) is 2.96. The van der Waals surface area contributed by atoms with Gasteiger partial charge in [-0.2, -0.15) is 0 Å². The van der Waals surface area contributed by atoms with Crippen molar-refractivity contribution in [3.8, 4) is 0 Å². The Kier molecular flexibility index (Phi) is 2.21. The summed E-state index contributed by atoms with van der Waals surface area (Å²) >= 11 is 0. The molecular weight excluding hydrogens is 214 g/mol. The molecule has 3 heteroatoms. The van der Waals surface area contributed by atoms with E-state index in [2.05, 4.69) is 30.5 Å². The molecule has 3 atom stereocenters. The van der Waals surface area contributed by atoms with E-state index in [1.165, 1.54) is 11.1 Å². The Hall–Kier alpha value is -1.77. The Bertz CT molecular complexity index is 507. The van der Waals surface area contributed by atoms with Gasteiger partial charge in [-0.15, -0.1) is 0 Å². The molecule has 0 saturated carbocycles. The first-order valence-electron chi connectivity index (χ1n) is 5.93. The molecule has 0 saturated heterocycles. The van der Waals surface area contributed by atoms with Crippen molar-refractivity contribution in [2.75, 3.05) is 5.32 Å². The third-order valence-electron chi connectivity index (χ3n) is 3.78. The van der Waals surface area contributed by atoms with Crippen molar-refractivity contribution in [3.63, 3.8) is 0 Å². The molecule has 2 N–H and O–H groups in total. The van der Waals surface area contributed by atoms with Crippen LogP contribution >= 0.6 is 0 Å². The van der Waals surface area contributed by atoms with Crippen molar-refractivity contribution in [1.29, 1.82) is 0 Å². The van der Waals surface area contributed by atoms with Gasteiger partial charge in [0.15, 0.2) is 0 Å². The molecule has 1 aliphatic heterocycles. The average molecular weight is 229 g/mol. The van der Waals surface area contributed by atoms with Crippen LogP contribution in [0.4, 0.5) is 5.69 Å². The molecule has 3 nitrogen and oxygen atoms in total. The highest BCUT2D eigenvalue weighted by Gasteiger charge is 2.40. The predicted molar refractivity (Wildman–Crippen MR) is 66.2 cm³/mol. The number of aliphatic carboxylic acids is 1. The Labute approximate surface area is 100 Å². The van der Waals surface area contributed by atoms with Gasteiger partial charge in [-0.1, -0.05) is 29.8 Å². The molecule has 17 heavy (non-hydrogen) atoms. The third kappa shape index (κ3) is 1.54. The van der Waals surface area contributed by atoms with E-state index in [-0.39, 0.29) is 11.8 Å². The lowest BCUT2D eigenvalue weighted by atomic mass is 9.79. The number of nitrogens with one attached hydrogen (secondary N) is 1. The Balaban J connectivity index is 2.09. The molecule has 0 bridgehead atoms. The monoisotopic (exact) mass is 229 g/mol. The number of carboxylic acid groups (broad SMARTS) is 1. The summed E-state index contributed by atoms with van der Waals surface area (Å²) in [5.74, 6) is -0.344. The van der Waals surface area contributed by atoms with Crippen LogP contribution in [0.1, 0.15) is 23.5 Å². The third-order valence-corrected chi connectivity index (χ3v) is 3.78. The molecule has 0 amide bonds. The van der Waals surface area contributed by atoms with Gasteiger partial charge in [0.25, 0.3) is 0 Å². The minimum absolute atomic E-state index is 0.154. The average Bonchev–Trinajstić information content (AvgIpc) is 2.76. The van der Waals surface area contributed by atoms with Gasteiger partial charge < -0.3 is 10.4 Å². The van der Waals surface area contributed by atoms with Gasteiger partial charge in [-0.05, 0) is 25.0 Å². The zero-order chi connectivity index (χ0) is 12.0.